The largest absolute Gasteiger partial charge is 0.380 e. The lowest BCUT2D eigenvalue weighted by atomic mass is 9.96. The highest BCUT2D eigenvalue weighted by molar-refractivity contribution is 5.84. The van der Waals surface area contributed by atoms with Crippen molar-refractivity contribution < 1.29 is 9.90 Å². The second-order valence-electron chi connectivity index (χ2n) is 6.71. The lowest BCUT2D eigenvalue weighted by molar-refractivity contribution is -0.138. The first-order valence-electron chi connectivity index (χ1n) is 8.42. The van der Waals surface area contributed by atoms with Gasteiger partial charge in [0.05, 0.1) is 6.54 Å². The summed E-state index contributed by atoms with van der Waals surface area (Å²) in [5.74, 6) is 1.25. The Morgan fingerprint density at radius 2 is 2.04 bits per heavy atom. The quantitative estimate of drug-likeness (QED) is 0.814. The van der Waals surface area contributed by atoms with Gasteiger partial charge in [-0.3, -0.25) is 4.79 Å². The van der Waals surface area contributed by atoms with Crippen LogP contribution < -0.4 is 5.32 Å². The van der Waals surface area contributed by atoms with Gasteiger partial charge in [0.2, 0.25) is 0 Å². The van der Waals surface area contributed by atoms with E-state index in [1.54, 1.807) is 6.92 Å². The van der Waals surface area contributed by atoms with Crippen molar-refractivity contribution in [2.24, 2.45) is 0 Å². The molecule has 3 rings (SSSR count). The van der Waals surface area contributed by atoms with Crippen LogP contribution in [0.1, 0.15) is 49.4 Å². The van der Waals surface area contributed by atoms with Crippen LogP contribution in [0.25, 0.3) is 0 Å². The number of aliphatic hydroxyl groups is 1. The van der Waals surface area contributed by atoms with Gasteiger partial charge in [0.1, 0.15) is 11.4 Å². The number of nitrogens with zero attached hydrogens (tertiary/aromatic N) is 3. The molecule has 1 aliphatic rings. The number of carbonyl (C=O) groups is 1. The molecule has 1 aromatic carbocycles. The molecule has 1 saturated carbocycles. The zero-order valence-corrected chi connectivity index (χ0v) is 14.2. The Morgan fingerprint density at radius 3 is 2.71 bits per heavy atom. The van der Waals surface area contributed by atoms with E-state index in [1.807, 2.05) is 37.3 Å². The molecule has 0 aliphatic heterocycles. The van der Waals surface area contributed by atoms with E-state index in [0.717, 1.165) is 30.1 Å². The van der Waals surface area contributed by atoms with Gasteiger partial charge in [0.15, 0.2) is 5.82 Å². The van der Waals surface area contributed by atoms with Gasteiger partial charge in [-0.2, -0.15) is 0 Å². The third-order valence-corrected chi connectivity index (χ3v) is 4.49. The van der Waals surface area contributed by atoms with Crippen LogP contribution in [0.2, 0.25) is 0 Å². The number of aryl methyl sites for hydroxylation is 2. The predicted molar refractivity (Wildman–Crippen MR) is 90.3 cm³/mol. The number of benzene rings is 1. The highest BCUT2D eigenvalue weighted by Gasteiger charge is 2.31. The molecule has 0 unspecified atom stereocenters. The van der Waals surface area contributed by atoms with Crippen LogP contribution in [0.15, 0.2) is 30.3 Å². The Morgan fingerprint density at radius 1 is 1.33 bits per heavy atom. The summed E-state index contributed by atoms with van der Waals surface area (Å²) in [6.07, 6.45) is 3.29. The van der Waals surface area contributed by atoms with Gasteiger partial charge in [-0.1, -0.05) is 30.3 Å². The molecule has 2 N–H and O–H groups in total. The maximum atomic E-state index is 12.3. The topological polar surface area (TPSA) is 80.0 Å². The fourth-order valence-electron chi connectivity index (χ4n) is 2.84. The van der Waals surface area contributed by atoms with Crippen molar-refractivity contribution in [3.63, 3.8) is 0 Å². The summed E-state index contributed by atoms with van der Waals surface area (Å²) in [6, 6.07) is 10.3. The number of nitrogens with one attached hydrogen (secondary N) is 1. The standard InChI is InChI=1S/C18H24N4O2/c1-13-20-21-16(22(13)15-8-9-15)12-19-17(23)18(2,24)11-10-14-6-4-3-5-7-14/h3-7,15,24H,8-12H2,1-2H3,(H,19,23)/t18-/m0/s1. The summed E-state index contributed by atoms with van der Waals surface area (Å²) in [5, 5.41) is 21.5. The van der Waals surface area contributed by atoms with Crippen molar-refractivity contribution in [2.45, 2.75) is 57.7 Å². The smallest absolute Gasteiger partial charge is 0.252 e. The SMILES string of the molecule is Cc1nnc(CNC(=O)[C@@](C)(O)CCc2ccccc2)n1C1CC1. The molecule has 6 heteroatoms. The summed E-state index contributed by atoms with van der Waals surface area (Å²) >= 11 is 0. The normalized spacial score (nSPS) is 16.6. The van der Waals surface area contributed by atoms with Gasteiger partial charge in [-0.15, -0.1) is 10.2 Å². The van der Waals surface area contributed by atoms with E-state index in [-0.39, 0.29) is 12.5 Å². The van der Waals surface area contributed by atoms with Crippen molar-refractivity contribution >= 4 is 5.91 Å². The van der Waals surface area contributed by atoms with Crippen molar-refractivity contribution in [1.29, 1.82) is 0 Å². The number of hydrogen-bond donors (Lipinski definition) is 2. The molecule has 0 spiro atoms. The summed E-state index contributed by atoms with van der Waals surface area (Å²) in [7, 11) is 0. The van der Waals surface area contributed by atoms with Crippen LogP contribution >= 0.6 is 0 Å². The number of rotatable bonds is 7. The Balaban J connectivity index is 1.55. The third kappa shape index (κ3) is 3.82. The van der Waals surface area contributed by atoms with E-state index in [1.165, 1.54) is 0 Å². The molecule has 6 nitrogen and oxygen atoms in total. The van der Waals surface area contributed by atoms with Crippen LogP contribution in [-0.4, -0.2) is 31.4 Å². The minimum Gasteiger partial charge on any atom is -0.380 e. The molecule has 1 amide bonds. The molecule has 24 heavy (non-hydrogen) atoms. The van der Waals surface area contributed by atoms with Crippen LogP contribution in [0.3, 0.4) is 0 Å². The molecule has 128 valence electrons. The highest BCUT2D eigenvalue weighted by Crippen LogP contribution is 2.36. The summed E-state index contributed by atoms with van der Waals surface area (Å²) in [6.45, 7) is 3.77. The van der Waals surface area contributed by atoms with Gasteiger partial charge in [-0.05, 0) is 45.1 Å². The summed E-state index contributed by atoms with van der Waals surface area (Å²) in [5.41, 5.74) is -0.301. The monoisotopic (exact) mass is 328 g/mol. The molecule has 1 fully saturated rings. The number of carbonyl (C=O) groups excluding carboxylic acids is 1. The Hall–Kier alpha value is -2.21. The number of aromatic nitrogens is 3. The van der Waals surface area contributed by atoms with Crippen LogP contribution in [0.5, 0.6) is 0 Å². The van der Waals surface area contributed by atoms with E-state index in [4.69, 9.17) is 0 Å². The fraction of sp³-hybridized carbons (Fsp3) is 0.500. The van der Waals surface area contributed by atoms with Gasteiger partial charge >= 0.3 is 0 Å². The first-order chi connectivity index (χ1) is 11.5. The average Bonchev–Trinajstić information content (AvgIpc) is 3.34. The maximum Gasteiger partial charge on any atom is 0.252 e. The lowest BCUT2D eigenvalue weighted by Crippen LogP contribution is -2.44. The van der Waals surface area contributed by atoms with Crippen molar-refractivity contribution in [3.05, 3.63) is 47.5 Å². The minimum atomic E-state index is -1.41. The van der Waals surface area contributed by atoms with Crippen molar-refractivity contribution in [3.8, 4) is 0 Å². The third-order valence-electron chi connectivity index (χ3n) is 4.49. The predicted octanol–water partition coefficient (Wildman–Crippen LogP) is 1.92. The number of amides is 1. The zero-order chi connectivity index (χ0) is 17.2. The van der Waals surface area contributed by atoms with Gasteiger partial charge in [-0.25, -0.2) is 0 Å². The van der Waals surface area contributed by atoms with Crippen LogP contribution in [0.4, 0.5) is 0 Å². The summed E-state index contributed by atoms with van der Waals surface area (Å²) in [4.78, 5) is 12.3. The molecule has 1 aromatic heterocycles. The molecular formula is C18H24N4O2. The first kappa shape index (κ1) is 16.6. The maximum absolute atomic E-state index is 12.3. The Bertz CT molecular complexity index is 705. The van der Waals surface area contributed by atoms with E-state index < -0.39 is 5.60 Å². The van der Waals surface area contributed by atoms with Gasteiger partial charge in [0, 0.05) is 6.04 Å². The lowest BCUT2D eigenvalue weighted by Gasteiger charge is -2.22. The highest BCUT2D eigenvalue weighted by atomic mass is 16.3. The van der Waals surface area contributed by atoms with Gasteiger partial charge in [0.25, 0.3) is 5.91 Å². The molecule has 0 radical (unpaired) electrons. The van der Waals surface area contributed by atoms with Gasteiger partial charge < -0.3 is 15.0 Å². The number of hydrogen-bond acceptors (Lipinski definition) is 4. The van der Waals surface area contributed by atoms with Crippen molar-refractivity contribution in [2.75, 3.05) is 0 Å². The summed E-state index contributed by atoms with van der Waals surface area (Å²) < 4.78 is 2.08. The molecule has 1 aliphatic carbocycles. The van der Waals surface area contributed by atoms with E-state index in [0.29, 0.717) is 18.9 Å². The van der Waals surface area contributed by atoms with E-state index in [9.17, 15) is 9.90 Å². The average molecular weight is 328 g/mol. The molecule has 1 heterocycles. The molecule has 1 atom stereocenters. The molecule has 0 bridgehead atoms. The van der Waals surface area contributed by atoms with E-state index in [2.05, 4.69) is 20.1 Å². The van der Waals surface area contributed by atoms with Crippen LogP contribution in [0, 0.1) is 6.92 Å². The van der Waals surface area contributed by atoms with Crippen LogP contribution in [-0.2, 0) is 17.8 Å². The second kappa shape index (κ2) is 6.73. The first-order valence-corrected chi connectivity index (χ1v) is 8.42. The minimum absolute atomic E-state index is 0.289. The molecule has 2 aromatic rings. The molecular weight excluding hydrogens is 304 g/mol. The Kier molecular flexibility index (Phi) is 4.66. The fourth-order valence-corrected chi connectivity index (χ4v) is 2.84. The second-order valence-corrected chi connectivity index (χ2v) is 6.71. The Labute approximate surface area is 141 Å². The molecule has 0 saturated heterocycles. The zero-order valence-electron chi connectivity index (χ0n) is 14.2. The van der Waals surface area contributed by atoms with E-state index >= 15 is 0 Å². The van der Waals surface area contributed by atoms with Crippen molar-refractivity contribution in [1.82, 2.24) is 20.1 Å².